The maximum absolute atomic E-state index is 5.06. The molecule has 2 atom stereocenters. The quantitative estimate of drug-likeness (QED) is 0.708. The van der Waals surface area contributed by atoms with Gasteiger partial charge >= 0.3 is 0 Å². The lowest BCUT2D eigenvalue weighted by atomic mass is 9.97. The summed E-state index contributed by atoms with van der Waals surface area (Å²) >= 11 is 0. The molecule has 0 saturated carbocycles. The van der Waals surface area contributed by atoms with Gasteiger partial charge in [-0.25, -0.2) is 0 Å². The Hall–Kier alpha value is -0.800. The highest BCUT2D eigenvalue weighted by Gasteiger charge is 2.14. The fraction of sp³-hybridized carbons (Fsp3) is 0.636. The number of furan rings is 1. The number of nitrogens with one attached hydrogen (secondary N) is 1. The van der Waals surface area contributed by atoms with Crippen molar-refractivity contribution in [1.29, 1.82) is 0 Å². The van der Waals surface area contributed by atoms with Crippen molar-refractivity contribution in [2.75, 3.05) is 20.3 Å². The lowest BCUT2D eigenvalue weighted by Crippen LogP contribution is -2.33. The lowest BCUT2D eigenvalue weighted by Gasteiger charge is -2.19. The molecule has 2 unspecified atom stereocenters. The van der Waals surface area contributed by atoms with Crippen LogP contribution >= 0.6 is 0 Å². The van der Waals surface area contributed by atoms with E-state index in [1.807, 2.05) is 6.07 Å². The second-order valence-electron chi connectivity index (χ2n) is 3.58. The summed E-state index contributed by atoms with van der Waals surface area (Å²) in [7, 11) is 1.71. The number of methoxy groups -OCH3 is 1. The summed E-state index contributed by atoms with van der Waals surface area (Å²) in [6.07, 6.45) is 3.52. The van der Waals surface area contributed by atoms with Gasteiger partial charge in [0.05, 0.1) is 19.1 Å². The first-order chi connectivity index (χ1) is 6.75. The van der Waals surface area contributed by atoms with Crippen molar-refractivity contribution in [3.05, 3.63) is 24.2 Å². The molecule has 14 heavy (non-hydrogen) atoms. The zero-order valence-corrected chi connectivity index (χ0v) is 9.12. The number of ether oxygens (including phenoxy) is 1. The van der Waals surface area contributed by atoms with Gasteiger partial charge in [0.15, 0.2) is 0 Å². The molecule has 1 N–H and O–H groups in total. The molecule has 0 spiro atoms. The van der Waals surface area contributed by atoms with Gasteiger partial charge in [-0.2, -0.15) is 0 Å². The van der Waals surface area contributed by atoms with Crippen LogP contribution in [0.4, 0.5) is 0 Å². The second-order valence-corrected chi connectivity index (χ2v) is 3.58. The van der Waals surface area contributed by atoms with Gasteiger partial charge in [0.1, 0.15) is 0 Å². The van der Waals surface area contributed by atoms with E-state index in [2.05, 4.69) is 19.2 Å². The van der Waals surface area contributed by atoms with Crippen LogP contribution in [0.3, 0.4) is 0 Å². The summed E-state index contributed by atoms with van der Waals surface area (Å²) in [5.74, 6) is 0.464. The summed E-state index contributed by atoms with van der Waals surface area (Å²) in [5.41, 5.74) is 1.24. The van der Waals surface area contributed by atoms with E-state index in [-0.39, 0.29) is 0 Å². The van der Waals surface area contributed by atoms with Crippen LogP contribution in [0.15, 0.2) is 23.0 Å². The van der Waals surface area contributed by atoms with E-state index in [0.717, 1.165) is 13.2 Å². The predicted octanol–water partition coefficient (Wildman–Crippen LogP) is 2.01. The molecule has 0 radical (unpaired) electrons. The third kappa shape index (κ3) is 3.16. The van der Waals surface area contributed by atoms with Crippen LogP contribution in [0.1, 0.15) is 25.3 Å². The van der Waals surface area contributed by atoms with Crippen LogP contribution in [0.2, 0.25) is 0 Å². The van der Waals surface area contributed by atoms with E-state index in [9.17, 15) is 0 Å². The maximum atomic E-state index is 5.06. The first kappa shape index (κ1) is 11.3. The molecule has 80 valence electrons. The fourth-order valence-electron chi connectivity index (χ4n) is 1.39. The van der Waals surface area contributed by atoms with Crippen LogP contribution in [-0.2, 0) is 4.74 Å². The summed E-state index contributed by atoms with van der Waals surface area (Å²) in [5, 5.41) is 3.40. The Bertz CT molecular complexity index is 233. The maximum Gasteiger partial charge on any atom is 0.0937 e. The molecular weight excluding hydrogens is 178 g/mol. The topological polar surface area (TPSA) is 34.4 Å². The molecule has 0 aromatic carbocycles. The van der Waals surface area contributed by atoms with E-state index in [4.69, 9.17) is 9.15 Å². The summed E-state index contributed by atoms with van der Waals surface area (Å²) < 4.78 is 10.0. The van der Waals surface area contributed by atoms with Crippen LogP contribution in [0.25, 0.3) is 0 Å². The van der Waals surface area contributed by atoms with Crippen LogP contribution in [0, 0.1) is 0 Å². The van der Waals surface area contributed by atoms with E-state index in [0.29, 0.717) is 12.0 Å². The Kier molecular flexibility index (Phi) is 4.70. The van der Waals surface area contributed by atoms with Crippen LogP contribution < -0.4 is 5.32 Å². The standard InChI is InChI=1S/C11H19NO2/c1-9(11-4-6-14-8-11)10(2)12-5-7-13-3/h4,6,8-10,12H,5,7H2,1-3H3. The average molecular weight is 197 g/mol. The largest absolute Gasteiger partial charge is 0.472 e. The molecule has 0 fully saturated rings. The van der Waals surface area contributed by atoms with Gasteiger partial charge in [-0.15, -0.1) is 0 Å². The molecule has 3 heteroatoms. The number of hydrogen-bond donors (Lipinski definition) is 1. The molecule has 0 amide bonds. The molecule has 0 aliphatic carbocycles. The average Bonchev–Trinajstić information content (AvgIpc) is 2.69. The van der Waals surface area contributed by atoms with Gasteiger partial charge in [-0.05, 0) is 24.5 Å². The van der Waals surface area contributed by atoms with Crippen molar-refractivity contribution in [3.8, 4) is 0 Å². The molecule has 1 aromatic rings. The van der Waals surface area contributed by atoms with E-state index in [1.165, 1.54) is 5.56 Å². The van der Waals surface area contributed by atoms with Gasteiger partial charge in [0.25, 0.3) is 0 Å². The Balaban J connectivity index is 2.33. The van der Waals surface area contributed by atoms with Gasteiger partial charge in [0.2, 0.25) is 0 Å². The smallest absolute Gasteiger partial charge is 0.0937 e. The minimum absolute atomic E-state index is 0.433. The minimum Gasteiger partial charge on any atom is -0.472 e. The minimum atomic E-state index is 0.433. The van der Waals surface area contributed by atoms with Crippen molar-refractivity contribution in [2.45, 2.75) is 25.8 Å². The summed E-state index contributed by atoms with van der Waals surface area (Å²) in [4.78, 5) is 0. The van der Waals surface area contributed by atoms with E-state index < -0.39 is 0 Å². The molecule has 0 aliphatic heterocycles. The highest BCUT2D eigenvalue weighted by atomic mass is 16.5. The summed E-state index contributed by atoms with van der Waals surface area (Å²) in [6.45, 7) is 6.00. The highest BCUT2D eigenvalue weighted by molar-refractivity contribution is 5.13. The first-order valence-corrected chi connectivity index (χ1v) is 5.00. The second kappa shape index (κ2) is 5.83. The number of hydrogen-bond acceptors (Lipinski definition) is 3. The molecule has 0 aliphatic rings. The molecule has 0 bridgehead atoms. The normalized spacial score (nSPS) is 15.4. The van der Waals surface area contributed by atoms with Gasteiger partial charge in [-0.1, -0.05) is 6.92 Å². The van der Waals surface area contributed by atoms with Gasteiger partial charge in [0, 0.05) is 19.7 Å². The molecule has 0 saturated heterocycles. The van der Waals surface area contributed by atoms with Crippen molar-refractivity contribution in [1.82, 2.24) is 5.32 Å². The van der Waals surface area contributed by atoms with Gasteiger partial charge < -0.3 is 14.5 Å². The van der Waals surface area contributed by atoms with Crippen molar-refractivity contribution >= 4 is 0 Å². The van der Waals surface area contributed by atoms with Gasteiger partial charge in [-0.3, -0.25) is 0 Å². The van der Waals surface area contributed by atoms with E-state index in [1.54, 1.807) is 19.6 Å². The van der Waals surface area contributed by atoms with Crippen molar-refractivity contribution < 1.29 is 9.15 Å². The summed E-state index contributed by atoms with van der Waals surface area (Å²) in [6, 6.07) is 2.45. The zero-order valence-electron chi connectivity index (χ0n) is 9.12. The van der Waals surface area contributed by atoms with Crippen molar-refractivity contribution in [3.63, 3.8) is 0 Å². The van der Waals surface area contributed by atoms with Crippen molar-refractivity contribution in [2.24, 2.45) is 0 Å². The number of rotatable bonds is 6. The molecule has 1 rings (SSSR count). The fourth-order valence-corrected chi connectivity index (χ4v) is 1.39. The van der Waals surface area contributed by atoms with E-state index >= 15 is 0 Å². The van der Waals surface area contributed by atoms with Crippen LogP contribution in [-0.4, -0.2) is 26.3 Å². The van der Waals surface area contributed by atoms with Crippen LogP contribution in [0.5, 0.6) is 0 Å². The highest BCUT2D eigenvalue weighted by Crippen LogP contribution is 2.18. The third-order valence-corrected chi connectivity index (χ3v) is 2.59. The first-order valence-electron chi connectivity index (χ1n) is 5.00. The molecule has 1 heterocycles. The Morgan fingerprint density at radius 1 is 1.50 bits per heavy atom. The third-order valence-electron chi connectivity index (χ3n) is 2.59. The Morgan fingerprint density at radius 3 is 2.86 bits per heavy atom. The zero-order chi connectivity index (χ0) is 10.4. The monoisotopic (exact) mass is 197 g/mol. The molecule has 3 nitrogen and oxygen atoms in total. The predicted molar refractivity (Wildman–Crippen MR) is 56.5 cm³/mol. The lowest BCUT2D eigenvalue weighted by molar-refractivity contribution is 0.195. The Morgan fingerprint density at radius 2 is 2.29 bits per heavy atom. The Labute approximate surface area is 85.4 Å². The SMILES string of the molecule is COCCNC(C)C(C)c1ccoc1. The molecule has 1 aromatic heterocycles. The molecular formula is C11H19NO2.